The monoisotopic (exact) mass is 311 g/mol. The maximum absolute atomic E-state index is 13.3. The highest BCUT2D eigenvalue weighted by molar-refractivity contribution is 6.30. The summed E-state index contributed by atoms with van der Waals surface area (Å²) in [5.74, 6) is 4.96. The molecule has 0 saturated heterocycles. The van der Waals surface area contributed by atoms with Gasteiger partial charge in [0, 0.05) is 12.1 Å². The Morgan fingerprint density at radius 2 is 2.10 bits per heavy atom. The van der Waals surface area contributed by atoms with Gasteiger partial charge in [-0.2, -0.15) is 0 Å². The summed E-state index contributed by atoms with van der Waals surface area (Å²) in [6.07, 6.45) is 0. The number of nitrogens with zero attached hydrogens (tertiary/aromatic N) is 1. The van der Waals surface area contributed by atoms with Gasteiger partial charge in [-0.05, 0) is 29.8 Å². The number of nitrogens with one attached hydrogen (secondary N) is 1. The third-order valence-electron chi connectivity index (χ3n) is 2.71. The molecule has 0 bridgehead atoms. The Kier molecular flexibility index (Phi) is 4.56. The zero-order valence-electron chi connectivity index (χ0n) is 10.7. The van der Waals surface area contributed by atoms with Gasteiger partial charge in [0.1, 0.15) is 23.9 Å². The van der Waals surface area contributed by atoms with E-state index in [2.05, 4.69) is 5.43 Å². The van der Waals surface area contributed by atoms with Gasteiger partial charge in [-0.25, -0.2) is 4.39 Å². The van der Waals surface area contributed by atoms with Crippen LogP contribution in [-0.2, 0) is 6.61 Å². The molecule has 3 N–H and O–H groups in total. The van der Waals surface area contributed by atoms with Gasteiger partial charge in [0.2, 0.25) is 0 Å². The molecule has 0 atom stereocenters. The van der Waals surface area contributed by atoms with Gasteiger partial charge in [-0.15, -0.1) is 0 Å². The van der Waals surface area contributed by atoms with E-state index in [-0.39, 0.29) is 23.0 Å². The number of nitrogen functional groups attached to an aromatic ring is 1. The van der Waals surface area contributed by atoms with E-state index in [4.69, 9.17) is 22.2 Å². The van der Waals surface area contributed by atoms with Crippen molar-refractivity contribution in [3.63, 3.8) is 0 Å². The number of hydrazine groups is 1. The molecule has 2 aromatic rings. The van der Waals surface area contributed by atoms with E-state index in [0.717, 1.165) is 6.07 Å². The molecule has 0 radical (unpaired) electrons. The number of nitro groups is 1. The third-order valence-corrected chi connectivity index (χ3v) is 3.02. The van der Waals surface area contributed by atoms with E-state index < -0.39 is 10.7 Å². The molecule has 0 heterocycles. The minimum absolute atomic E-state index is 0.00676. The number of halogens is 2. The van der Waals surface area contributed by atoms with Crippen LogP contribution in [-0.4, -0.2) is 4.92 Å². The second-order valence-corrected chi connectivity index (χ2v) is 4.52. The van der Waals surface area contributed by atoms with E-state index in [9.17, 15) is 14.5 Å². The maximum atomic E-state index is 13.3. The fourth-order valence-electron chi connectivity index (χ4n) is 1.68. The summed E-state index contributed by atoms with van der Waals surface area (Å²) in [5, 5.41) is 10.8. The molecule has 0 aliphatic heterocycles. The summed E-state index contributed by atoms with van der Waals surface area (Å²) < 4.78 is 18.6. The molecule has 0 saturated carbocycles. The van der Waals surface area contributed by atoms with Crippen molar-refractivity contribution in [2.45, 2.75) is 6.61 Å². The Hall–Kier alpha value is -2.38. The summed E-state index contributed by atoms with van der Waals surface area (Å²) in [6.45, 7) is 0.105. The number of nitrogens with two attached hydrogens (primary N) is 1. The van der Waals surface area contributed by atoms with Crippen LogP contribution in [0.25, 0.3) is 0 Å². The van der Waals surface area contributed by atoms with Crippen molar-refractivity contribution in [1.29, 1.82) is 0 Å². The van der Waals surface area contributed by atoms with Crippen LogP contribution in [0.5, 0.6) is 5.75 Å². The summed E-state index contributed by atoms with van der Waals surface area (Å²) in [7, 11) is 0. The van der Waals surface area contributed by atoms with Crippen molar-refractivity contribution in [3.05, 3.63) is 62.9 Å². The van der Waals surface area contributed by atoms with Gasteiger partial charge in [-0.1, -0.05) is 11.6 Å². The lowest BCUT2D eigenvalue weighted by molar-refractivity contribution is -0.384. The van der Waals surface area contributed by atoms with E-state index in [0.29, 0.717) is 11.3 Å². The number of hydrogen-bond donors (Lipinski definition) is 2. The van der Waals surface area contributed by atoms with Gasteiger partial charge in [-0.3, -0.25) is 16.0 Å². The molecule has 0 fully saturated rings. The van der Waals surface area contributed by atoms with Crippen molar-refractivity contribution in [1.82, 2.24) is 0 Å². The smallest absolute Gasteiger partial charge is 0.293 e. The first-order chi connectivity index (χ1) is 10.0. The molecular formula is C13H11ClFN3O3. The maximum Gasteiger partial charge on any atom is 0.293 e. The minimum atomic E-state index is -0.581. The van der Waals surface area contributed by atoms with Crippen molar-refractivity contribution >= 4 is 23.0 Å². The molecule has 21 heavy (non-hydrogen) atoms. The number of rotatable bonds is 5. The summed E-state index contributed by atoms with van der Waals surface area (Å²) in [4.78, 5) is 10.2. The molecule has 0 aliphatic rings. The van der Waals surface area contributed by atoms with E-state index in [1.807, 2.05) is 0 Å². The molecule has 0 unspecified atom stereocenters. The van der Waals surface area contributed by atoms with Gasteiger partial charge in [0.05, 0.1) is 9.95 Å². The standard InChI is InChI=1S/C13H11ClFN3O3/c14-10-3-2-9(6-11(10)15)21-7-8-1-4-13(18(19)20)12(5-8)17-16/h1-6,17H,7,16H2. The second kappa shape index (κ2) is 6.38. The van der Waals surface area contributed by atoms with Crippen molar-refractivity contribution < 1.29 is 14.1 Å². The zero-order chi connectivity index (χ0) is 15.4. The van der Waals surface area contributed by atoms with Gasteiger partial charge >= 0.3 is 0 Å². The zero-order valence-corrected chi connectivity index (χ0v) is 11.4. The molecule has 0 aromatic heterocycles. The highest BCUT2D eigenvalue weighted by Gasteiger charge is 2.13. The molecule has 2 rings (SSSR count). The van der Waals surface area contributed by atoms with Crippen LogP contribution in [0.4, 0.5) is 15.8 Å². The van der Waals surface area contributed by atoms with Crippen LogP contribution in [0.1, 0.15) is 5.56 Å². The summed E-state index contributed by atoms with van der Waals surface area (Å²) in [5.41, 5.74) is 2.93. The van der Waals surface area contributed by atoms with Crippen LogP contribution in [0.2, 0.25) is 5.02 Å². The SMILES string of the molecule is NNc1cc(COc2ccc(Cl)c(F)c2)ccc1[N+](=O)[O-]. The predicted molar refractivity (Wildman–Crippen MR) is 76.6 cm³/mol. The number of ether oxygens (including phenoxy) is 1. The lowest BCUT2D eigenvalue weighted by Crippen LogP contribution is -2.10. The van der Waals surface area contributed by atoms with Crippen molar-refractivity contribution in [2.75, 3.05) is 5.43 Å². The average Bonchev–Trinajstić information content (AvgIpc) is 2.48. The van der Waals surface area contributed by atoms with E-state index in [1.165, 1.54) is 30.3 Å². The average molecular weight is 312 g/mol. The van der Waals surface area contributed by atoms with Crippen LogP contribution < -0.4 is 16.0 Å². The Labute approximate surface area is 124 Å². The van der Waals surface area contributed by atoms with Crippen LogP contribution in [0.3, 0.4) is 0 Å². The van der Waals surface area contributed by atoms with Crippen molar-refractivity contribution in [3.8, 4) is 5.75 Å². The lowest BCUT2D eigenvalue weighted by atomic mass is 10.2. The minimum Gasteiger partial charge on any atom is -0.489 e. The first-order valence-corrected chi connectivity index (χ1v) is 6.21. The van der Waals surface area contributed by atoms with E-state index >= 15 is 0 Å². The quantitative estimate of drug-likeness (QED) is 0.502. The highest BCUT2D eigenvalue weighted by Crippen LogP contribution is 2.26. The Morgan fingerprint density at radius 3 is 2.71 bits per heavy atom. The van der Waals surface area contributed by atoms with Gasteiger partial charge in [0.15, 0.2) is 0 Å². The number of benzene rings is 2. The summed E-state index contributed by atoms with van der Waals surface area (Å²) >= 11 is 5.57. The fourth-order valence-corrected chi connectivity index (χ4v) is 1.80. The van der Waals surface area contributed by atoms with E-state index in [1.54, 1.807) is 0 Å². The first-order valence-electron chi connectivity index (χ1n) is 5.83. The summed E-state index contributed by atoms with van der Waals surface area (Å²) in [6, 6.07) is 8.41. The lowest BCUT2D eigenvalue weighted by Gasteiger charge is -2.08. The second-order valence-electron chi connectivity index (χ2n) is 4.12. The molecule has 8 heteroatoms. The first kappa shape index (κ1) is 15.0. The van der Waals surface area contributed by atoms with Gasteiger partial charge in [0.25, 0.3) is 5.69 Å². The van der Waals surface area contributed by atoms with Crippen LogP contribution in [0.15, 0.2) is 36.4 Å². The third kappa shape index (κ3) is 3.59. The molecule has 2 aromatic carbocycles. The number of hydrogen-bond acceptors (Lipinski definition) is 5. The Balaban J connectivity index is 2.13. The normalized spacial score (nSPS) is 10.2. The molecule has 6 nitrogen and oxygen atoms in total. The van der Waals surface area contributed by atoms with Crippen LogP contribution >= 0.6 is 11.6 Å². The molecule has 0 aliphatic carbocycles. The molecule has 110 valence electrons. The molecule has 0 amide bonds. The molecular weight excluding hydrogens is 301 g/mol. The Bertz CT molecular complexity index is 682. The highest BCUT2D eigenvalue weighted by atomic mass is 35.5. The number of nitro benzene ring substituents is 1. The number of anilines is 1. The largest absolute Gasteiger partial charge is 0.489 e. The Morgan fingerprint density at radius 1 is 1.33 bits per heavy atom. The van der Waals surface area contributed by atoms with Crippen molar-refractivity contribution in [2.24, 2.45) is 5.84 Å². The van der Waals surface area contributed by atoms with Crippen LogP contribution in [0, 0.1) is 15.9 Å². The topological polar surface area (TPSA) is 90.4 Å². The predicted octanol–water partition coefficient (Wildman–Crippen LogP) is 3.25. The van der Waals surface area contributed by atoms with Gasteiger partial charge < -0.3 is 10.2 Å². The molecule has 0 spiro atoms. The fraction of sp³-hybridized carbons (Fsp3) is 0.0769.